The predicted octanol–water partition coefficient (Wildman–Crippen LogP) is 3.28. The molecule has 15 heavy (non-hydrogen) atoms. The molecule has 4 heteroatoms. The molecular formula is C11H12Cl2FN. The van der Waals surface area contributed by atoms with E-state index in [1.165, 1.54) is 11.6 Å². The Morgan fingerprint density at radius 2 is 2.13 bits per heavy atom. The van der Waals surface area contributed by atoms with Crippen LogP contribution >= 0.6 is 23.2 Å². The van der Waals surface area contributed by atoms with Crippen LogP contribution in [0.2, 0.25) is 0 Å². The van der Waals surface area contributed by atoms with Gasteiger partial charge in [-0.15, -0.1) is 0 Å². The van der Waals surface area contributed by atoms with Gasteiger partial charge < -0.3 is 5.32 Å². The van der Waals surface area contributed by atoms with Crippen molar-refractivity contribution < 1.29 is 4.39 Å². The Balaban J connectivity index is 2.29. The van der Waals surface area contributed by atoms with E-state index in [1.54, 1.807) is 12.1 Å². The average Bonchev–Trinajstić information content (AvgIpc) is 2.26. The summed E-state index contributed by atoms with van der Waals surface area (Å²) >= 11 is 11.1. The average molecular weight is 248 g/mol. The van der Waals surface area contributed by atoms with Crippen LogP contribution in [0.3, 0.4) is 0 Å². The van der Waals surface area contributed by atoms with E-state index < -0.39 is 0 Å². The van der Waals surface area contributed by atoms with Crippen molar-refractivity contribution in [3.05, 3.63) is 46.2 Å². The van der Waals surface area contributed by atoms with Gasteiger partial charge in [0, 0.05) is 17.1 Å². The van der Waals surface area contributed by atoms with Gasteiger partial charge in [0.15, 0.2) is 0 Å². The van der Waals surface area contributed by atoms with Crippen molar-refractivity contribution in [2.45, 2.75) is 6.42 Å². The quantitative estimate of drug-likeness (QED) is 0.788. The van der Waals surface area contributed by atoms with Crippen LogP contribution < -0.4 is 5.32 Å². The largest absolute Gasteiger partial charge is 0.311 e. The number of hydrogen-bond acceptors (Lipinski definition) is 1. The molecule has 1 aromatic rings. The van der Waals surface area contributed by atoms with Gasteiger partial charge in [-0.3, -0.25) is 0 Å². The first-order valence-electron chi connectivity index (χ1n) is 4.63. The summed E-state index contributed by atoms with van der Waals surface area (Å²) in [4.78, 5) is 0. The van der Waals surface area contributed by atoms with E-state index in [0.717, 1.165) is 0 Å². The van der Waals surface area contributed by atoms with Crippen molar-refractivity contribution in [2.75, 3.05) is 13.1 Å². The number of halogens is 3. The van der Waals surface area contributed by atoms with Gasteiger partial charge in [0.2, 0.25) is 0 Å². The molecule has 0 bridgehead atoms. The molecule has 1 N–H and O–H groups in total. The Morgan fingerprint density at radius 3 is 2.80 bits per heavy atom. The van der Waals surface area contributed by atoms with Crippen LogP contribution in [0.4, 0.5) is 4.39 Å². The van der Waals surface area contributed by atoms with Crippen LogP contribution in [0, 0.1) is 5.82 Å². The summed E-state index contributed by atoms with van der Waals surface area (Å²) in [6.07, 6.45) is 0.638. The molecule has 0 aromatic heterocycles. The van der Waals surface area contributed by atoms with Crippen molar-refractivity contribution in [1.29, 1.82) is 0 Å². The van der Waals surface area contributed by atoms with Crippen LogP contribution in [0.25, 0.3) is 0 Å². The van der Waals surface area contributed by atoms with Crippen LogP contribution in [0.15, 0.2) is 34.8 Å². The zero-order valence-corrected chi connectivity index (χ0v) is 9.65. The first-order valence-corrected chi connectivity index (χ1v) is 5.44. The SMILES string of the molecule is Fc1ccccc1CCNCC(Cl)=CCl. The molecule has 0 amide bonds. The third-order valence-electron chi connectivity index (χ3n) is 1.94. The molecule has 0 aliphatic carbocycles. The lowest BCUT2D eigenvalue weighted by Crippen LogP contribution is -2.19. The van der Waals surface area contributed by atoms with Crippen molar-refractivity contribution in [2.24, 2.45) is 0 Å². The third kappa shape index (κ3) is 4.65. The molecule has 0 fully saturated rings. The van der Waals surface area contributed by atoms with Gasteiger partial charge in [0.1, 0.15) is 5.82 Å². The molecule has 0 unspecified atom stereocenters. The standard InChI is InChI=1S/C11H12Cl2FN/c12-7-10(13)8-15-6-5-9-3-1-2-4-11(9)14/h1-4,7,15H,5-6,8H2. The lowest BCUT2D eigenvalue weighted by atomic mass is 10.1. The van der Waals surface area contributed by atoms with Gasteiger partial charge in [-0.05, 0) is 24.6 Å². The van der Waals surface area contributed by atoms with Gasteiger partial charge in [-0.2, -0.15) is 0 Å². The van der Waals surface area contributed by atoms with Gasteiger partial charge in [-0.25, -0.2) is 4.39 Å². The molecule has 0 spiro atoms. The van der Waals surface area contributed by atoms with E-state index in [-0.39, 0.29) is 5.82 Å². The summed E-state index contributed by atoms with van der Waals surface area (Å²) in [5.74, 6) is -0.168. The second kappa shape index (κ2) is 6.83. The second-order valence-electron chi connectivity index (χ2n) is 3.07. The van der Waals surface area contributed by atoms with E-state index in [4.69, 9.17) is 23.2 Å². The Kier molecular flexibility index (Phi) is 5.69. The maximum Gasteiger partial charge on any atom is 0.126 e. The Hall–Kier alpha value is -0.570. The fourth-order valence-electron chi connectivity index (χ4n) is 1.17. The first kappa shape index (κ1) is 12.5. The molecule has 0 saturated heterocycles. The summed E-state index contributed by atoms with van der Waals surface area (Å²) in [5.41, 5.74) is 2.02. The Bertz CT molecular complexity index is 339. The first-order chi connectivity index (χ1) is 7.24. The fraction of sp³-hybridized carbons (Fsp3) is 0.273. The molecule has 1 nitrogen and oxygen atoms in total. The van der Waals surface area contributed by atoms with Gasteiger partial charge in [0.05, 0.1) is 0 Å². The summed E-state index contributed by atoms with van der Waals surface area (Å²) in [5, 5.41) is 3.61. The third-order valence-corrected chi connectivity index (χ3v) is 2.56. The molecular weight excluding hydrogens is 236 g/mol. The lowest BCUT2D eigenvalue weighted by Gasteiger charge is -2.04. The van der Waals surface area contributed by atoms with Crippen LogP contribution in [0.1, 0.15) is 5.56 Å². The van der Waals surface area contributed by atoms with Crippen molar-refractivity contribution in [1.82, 2.24) is 5.32 Å². The van der Waals surface area contributed by atoms with E-state index in [9.17, 15) is 4.39 Å². The molecule has 82 valence electrons. The topological polar surface area (TPSA) is 12.0 Å². The van der Waals surface area contributed by atoms with Crippen molar-refractivity contribution in [3.8, 4) is 0 Å². The number of rotatable bonds is 5. The summed E-state index contributed by atoms with van der Waals surface area (Å²) < 4.78 is 13.2. The molecule has 0 saturated carbocycles. The normalized spacial score (nSPS) is 11.8. The number of benzene rings is 1. The van der Waals surface area contributed by atoms with E-state index >= 15 is 0 Å². The Labute approximate surface area is 98.9 Å². The molecule has 0 atom stereocenters. The van der Waals surface area contributed by atoms with E-state index in [0.29, 0.717) is 30.1 Å². The molecule has 0 aliphatic rings. The van der Waals surface area contributed by atoms with Crippen molar-refractivity contribution in [3.63, 3.8) is 0 Å². The summed E-state index contributed by atoms with van der Waals surface area (Å²) in [6, 6.07) is 6.74. The smallest absolute Gasteiger partial charge is 0.126 e. The summed E-state index contributed by atoms with van der Waals surface area (Å²) in [7, 11) is 0. The van der Waals surface area contributed by atoms with E-state index in [2.05, 4.69) is 5.32 Å². The highest BCUT2D eigenvalue weighted by Crippen LogP contribution is 2.06. The van der Waals surface area contributed by atoms with Crippen molar-refractivity contribution >= 4 is 23.2 Å². The Morgan fingerprint density at radius 1 is 1.40 bits per heavy atom. The highest BCUT2D eigenvalue weighted by Gasteiger charge is 1.99. The number of hydrogen-bond donors (Lipinski definition) is 1. The van der Waals surface area contributed by atoms with E-state index in [1.807, 2.05) is 6.07 Å². The van der Waals surface area contributed by atoms with Crippen LogP contribution in [-0.2, 0) is 6.42 Å². The maximum absolute atomic E-state index is 13.2. The zero-order chi connectivity index (χ0) is 11.1. The summed E-state index contributed by atoms with van der Waals surface area (Å²) in [6.45, 7) is 1.18. The second-order valence-corrected chi connectivity index (χ2v) is 3.78. The minimum atomic E-state index is -0.168. The van der Waals surface area contributed by atoms with Crippen LogP contribution in [-0.4, -0.2) is 13.1 Å². The lowest BCUT2D eigenvalue weighted by molar-refractivity contribution is 0.602. The fourth-order valence-corrected chi connectivity index (χ4v) is 1.34. The molecule has 0 heterocycles. The zero-order valence-electron chi connectivity index (χ0n) is 8.14. The molecule has 0 radical (unpaired) electrons. The minimum Gasteiger partial charge on any atom is -0.311 e. The van der Waals surface area contributed by atoms with Gasteiger partial charge in [-0.1, -0.05) is 41.4 Å². The maximum atomic E-state index is 13.2. The molecule has 1 rings (SSSR count). The van der Waals surface area contributed by atoms with Gasteiger partial charge >= 0.3 is 0 Å². The molecule has 0 aliphatic heterocycles. The highest BCUT2D eigenvalue weighted by molar-refractivity contribution is 6.36. The number of nitrogens with one attached hydrogen (secondary N) is 1. The minimum absolute atomic E-state index is 0.168. The highest BCUT2D eigenvalue weighted by atomic mass is 35.5. The van der Waals surface area contributed by atoms with Gasteiger partial charge in [0.25, 0.3) is 0 Å². The predicted molar refractivity (Wildman–Crippen MR) is 62.8 cm³/mol. The monoisotopic (exact) mass is 247 g/mol. The van der Waals surface area contributed by atoms with Crippen LogP contribution in [0.5, 0.6) is 0 Å². The molecule has 1 aromatic carbocycles.